The number of carbonyl (C=O) groups is 2. The van der Waals surface area contributed by atoms with Crippen LogP contribution in [-0.2, 0) is 11.3 Å². The molecule has 0 bridgehead atoms. The summed E-state index contributed by atoms with van der Waals surface area (Å²) < 4.78 is 10.8. The van der Waals surface area contributed by atoms with Crippen LogP contribution in [0.15, 0.2) is 41.8 Å². The number of methoxy groups -OCH3 is 1. The lowest BCUT2D eigenvalue weighted by molar-refractivity contribution is -0.123. The summed E-state index contributed by atoms with van der Waals surface area (Å²) in [5, 5.41) is 14.4. The summed E-state index contributed by atoms with van der Waals surface area (Å²) in [6.07, 6.45) is 0. The van der Waals surface area contributed by atoms with Crippen LogP contribution in [0.1, 0.15) is 23.0 Å². The van der Waals surface area contributed by atoms with Gasteiger partial charge in [-0.05, 0) is 42.1 Å². The highest BCUT2D eigenvalue weighted by atomic mass is 32.1. The molecule has 3 rings (SSSR count). The fourth-order valence-corrected chi connectivity index (χ4v) is 3.29. The van der Waals surface area contributed by atoms with Crippen molar-refractivity contribution >= 4 is 23.2 Å². The Kier molecular flexibility index (Phi) is 6.85. The summed E-state index contributed by atoms with van der Waals surface area (Å²) in [4.78, 5) is 24.9. The summed E-state index contributed by atoms with van der Waals surface area (Å²) in [6.45, 7) is 2.59. The van der Waals surface area contributed by atoms with Crippen LogP contribution in [0.3, 0.4) is 0 Å². The fraction of sp³-hybridized carbons (Fsp3) is 0.250. The third-order valence-electron chi connectivity index (χ3n) is 4.01. The second-order valence-electron chi connectivity index (χ2n) is 6.05. The molecule has 0 saturated heterocycles. The van der Waals surface area contributed by atoms with Crippen molar-refractivity contribution in [3.63, 3.8) is 0 Å². The standard InChI is InChI=1S/C20H22N4O4S/c1-3-21-19(25)12-28-16-7-6-13(9-17(16)27-2)11-22-20(26)15-10-14(23-24-15)18-5-4-8-29-18/h4-10H,3,11-12H2,1-2H3,(H,21,25)(H,22,26)(H,23,24). The average Bonchev–Trinajstić information content (AvgIpc) is 3.42. The van der Waals surface area contributed by atoms with Crippen molar-refractivity contribution in [2.75, 3.05) is 20.3 Å². The highest BCUT2D eigenvalue weighted by molar-refractivity contribution is 7.13. The molecule has 0 saturated carbocycles. The highest BCUT2D eigenvalue weighted by Crippen LogP contribution is 2.28. The van der Waals surface area contributed by atoms with E-state index >= 15 is 0 Å². The van der Waals surface area contributed by atoms with Gasteiger partial charge in [0, 0.05) is 13.1 Å². The maximum atomic E-state index is 12.4. The number of hydrogen-bond donors (Lipinski definition) is 3. The Balaban J connectivity index is 1.58. The molecular weight excluding hydrogens is 392 g/mol. The monoisotopic (exact) mass is 414 g/mol. The second-order valence-corrected chi connectivity index (χ2v) is 7.00. The fourth-order valence-electron chi connectivity index (χ4n) is 2.60. The molecule has 2 amide bonds. The number of aromatic amines is 1. The predicted molar refractivity (Wildman–Crippen MR) is 110 cm³/mol. The normalized spacial score (nSPS) is 10.4. The number of ether oxygens (including phenoxy) is 2. The summed E-state index contributed by atoms with van der Waals surface area (Å²) in [7, 11) is 1.52. The molecule has 152 valence electrons. The number of likely N-dealkylation sites (N-methyl/N-ethyl adjacent to an activating group) is 1. The van der Waals surface area contributed by atoms with Crippen LogP contribution in [0.2, 0.25) is 0 Å². The van der Waals surface area contributed by atoms with Crippen LogP contribution >= 0.6 is 11.3 Å². The lowest BCUT2D eigenvalue weighted by Gasteiger charge is -2.12. The number of amides is 2. The van der Waals surface area contributed by atoms with E-state index in [0.717, 1.165) is 16.1 Å². The van der Waals surface area contributed by atoms with Gasteiger partial charge in [0.25, 0.3) is 11.8 Å². The number of hydrogen-bond acceptors (Lipinski definition) is 6. The molecule has 0 unspecified atom stereocenters. The van der Waals surface area contributed by atoms with Gasteiger partial charge in [0.2, 0.25) is 0 Å². The van der Waals surface area contributed by atoms with E-state index in [1.807, 2.05) is 24.4 Å². The topological polar surface area (TPSA) is 105 Å². The van der Waals surface area contributed by atoms with Gasteiger partial charge in [0.1, 0.15) is 0 Å². The zero-order valence-corrected chi connectivity index (χ0v) is 17.0. The molecule has 0 aliphatic heterocycles. The highest BCUT2D eigenvalue weighted by Gasteiger charge is 2.13. The first-order chi connectivity index (χ1) is 14.1. The number of rotatable bonds is 9. The Labute approximate surface area is 172 Å². The van der Waals surface area contributed by atoms with Crippen LogP contribution in [-0.4, -0.2) is 42.3 Å². The lowest BCUT2D eigenvalue weighted by atomic mass is 10.2. The second kappa shape index (κ2) is 9.74. The molecule has 0 aliphatic carbocycles. The van der Waals surface area contributed by atoms with Crippen molar-refractivity contribution in [1.82, 2.24) is 20.8 Å². The van der Waals surface area contributed by atoms with Crippen molar-refractivity contribution in [3.05, 3.63) is 53.0 Å². The molecule has 0 atom stereocenters. The summed E-state index contributed by atoms with van der Waals surface area (Å²) in [5.74, 6) is 0.467. The predicted octanol–water partition coefficient (Wildman–Crippen LogP) is 2.59. The van der Waals surface area contributed by atoms with Gasteiger partial charge < -0.3 is 20.1 Å². The van der Waals surface area contributed by atoms with Crippen LogP contribution < -0.4 is 20.1 Å². The molecule has 3 aromatic rings. The molecule has 2 aromatic heterocycles. The van der Waals surface area contributed by atoms with Gasteiger partial charge in [-0.2, -0.15) is 5.10 Å². The van der Waals surface area contributed by atoms with Crippen molar-refractivity contribution in [2.45, 2.75) is 13.5 Å². The smallest absolute Gasteiger partial charge is 0.272 e. The van der Waals surface area contributed by atoms with E-state index < -0.39 is 0 Å². The summed E-state index contributed by atoms with van der Waals surface area (Å²) >= 11 is 1.57. The van der Waals surface area contributed by atoms with E-state index in [4.69, 9.17) is 9.47 Å². The van der Waals surface area contributed by atoms with Crippen molar-refractivity contribution in [2.24, 2.45) is 0 Å². The molecule has 3 N–H and O–H groups in total. The quantitative estimate of drug-likeness (QED) is 0.499. The minimum absolute atomic E-state index is 0.0913. The Hall–Kier alpha value is -3.33. The van der Waals surface area contributed by atoms with Gasteiger partial charge in [-0.15, -0.1) is 11.3 Å². The molecule has 9 heteroatoms. The van der Waals surface area contributed by atoms with Crippen molar-refractivity contribution in [1.29, 1.82) is 0 Å². The molecule has 0 spiro atoms. The van der Waals surface area contributed by atoms with Crippen LogP contribution in [0, 0.1) is 0 Å². The minimum atomic E-state index is -0.278. The van der Waals surface area contributed by atoms with E-state index in [-0.39, 0.29) is 18.4 Å². The first-order valence-electron chi connectivity index (χ1n) is 9.04. The molecule has 0 fully saturated rings. The maximum Gasteiger partial charge on any atom is 0.272 e. The van der Waals surface area contributed by atoms with E-state index in [0.29, 0.717) is 30.3 Å². The molecule has 2 heterocycles. The van der Waals surface area contributed by atoms with E-state index in [2.05, 4.69) is 20.8 Å². The summed E-state index contributed by atoms with van der Waals surface area (Å²) in [6, 6.07) is 10.9. The SMILES string of the molecule is CCNC(=O)COc1ccc(CNC(=O)c2cc(-c3cccs3)[nH]n2)cc1OC. The van der Waals surface area contributed by atoms with Gasteiger partial charge >= 0.3 is 0 Å². The Morgan fingerprint density at radius 1 is 1.17 bits per heavy atom. The number of nitrogens with one attached hydrogen (secondary N) is 3. The molecular formula is C20H22N4O4S. The van der Waals surface area contributed by atoms with Crippen molar-refractivity contribution < 1.29 is 19.1 Å². The third kappa shape index (κ3) is 5.35. The molecule has 29 heavy (non-hydrogen) atoms. The maximum absolute atomic E-state index is 12.4. The van der Waals surface area contributed by atoms with Gasteiger partial charge in [-0.25, -0.2) is 0 Å². The zero-order valence-electron chi connectivity index (χ0n) is 16.2. The number of H-pyrrole nitrogens is 1. The third-order valence-corrected chi connectivity index (χ3v) is 4.91. The van der Waals surface area contributed by atoms with Crippen LogP contribution in [0.4, 0.5) is 0 Å². The number of aromatic nitrogens is 2. The van der Waals surface area contributed by atoms with Gasteiger partial charge in [-0.3, -0.25) is 14.7 Å². The Morgan fingerprint density at radius 2 is 2.03 bits per heavy atom. The molecule has 0 aliphatic rings. The number of carbonyl (C=O) groups excluding carboxylic acids is 2. The Bertz CT molecular complexity index is 969. The van der Waals surface area contributed by atoms with Gasteiger partial charge in [-0.1, -0.05) is 12.1 Å². The first-order valence-corrected chi connectivity index (χ1v) is 9.92. The van der Waals surface area contributed by atoms with Crippen LogP contribution in [0.5, 0.6) is 11.5 Å². The number of benzene rings is 1. The first kappa shape index (κ1) is 20.4. The largest absolute Gasteiger partial charge is 0.493 e. The lowest BCUT2D eigenvalue weighted by Crippen LogP contribution is -2.28. The zero-order chi connectivity index (χ0) is 20.6. The molecule has 0 radical (unpaired) electrons. The van der Waals surface area contributed by atoms with E-state index in [1.54, 1.807) is 35.6 Å². The van der Waals surface area contributed by atoms with Gasteiger partial charge in [0.15, 0.2) is 23.8 Å². The van der Waals surface area contributed by atoms with E-state index in [1.165, 1.54) is 7.11 Å². The molecule has 8 nitrogen and oxygen atoms in total. The van der Waals surface area contributed by atoms with Gasteiger partial charge in [0.05, 0.1) is 17.7 Å². The number of thiophene rings is 1. The Morgan fingerprint density at radius 3 is 2.76 bits per heavy atom. The number of nitrogens with zero attached hydrogens (tertiary/aromatic N) is 1. The van der Waals surface area contributed by atoms with E-state index in [9.17, 15) is 9.59 Å². The molecule has 1 aromatic carbocycles. The van der Waals surface area contributed by atoms with Crippen LogP contribution in [0.25, 0.3) is 10.6 Å². The summed E-state index contributed by atoms with van der Waals surface area (Å²) in [5.41, 5.74) is 1.96. The average molecular weight is 414 g/mol. The van der Waals surface area contributed by atoms with Crippen molar-refractivity contribution in [3.8, 4) is 22.1 Å². The minimum Gasteiger partial charge on any atom is -0.493 e.